The van der Waals surface area contributed by atoms with E-state index in [1.54, 1.807) is 12.1 Å². The van der Waals surface area contributed by atoms with E-state index in [0.29, 0.717) is 6.54 Å². The quantitative estimate of drug-likeness (QED) is 0.796. The highest BCUT2D eigenvalue weighted by molar-refractivity contribution is 5.81. The van der Waals surface area contributed by atoms with Gasteiger partial charge in [0.15, 0.2) is 0 Å². The van der Waals surface area contributed by atoms with Crippen molar-refractivity contribution in [3.63, 3.8) is 0 Å². The molecule has 1 N–H and O–H groups in total. The van der Waals surface area contributed by atoms with Gasteiger partial charge in [0, 0.05) is 12.0 Å². The molecule has 1 rings (SSSR count). The van der Waals surface area contributed by atoms with Crippen molar-refractivity contribution >= 4 is 5.91 Å². The summed E-state index contributed by atoms with van der Waals surface area (Å²) in [6.45, 7) is 5.89. The highest BCUT2D eigenvalue weighted by Crippen LogP contribution is 2.13. The van der Waals surface area contributed by atoms with Crippen molar-refractivity contribution in [2.24, 2.45) is 5.41 Å². The smallest absolute Gasteiger partial charge is 0.225 e. The summed E-state index contributed by atoms with van der Waals surface area (Å²) in [6.07, 6.45) is 0. The second-order valence-corrected chi connectivity index (χ2v) is 4.56. The van der Waals surface area contributed by atoms with Crippen LogP contribution in [0.25, 0.3) is 0 Å². The molecule has 0 atom stereocenters. The lowest BCUT2D eigenvalue weighted by Gasteiger charge is -2.17. The number of carbonyl (C=O) groups is 1. The number of halogens is 1. The average Bonchev–Trinajstić information content (AvgIpc) is 2.12. The van der Waals surface area contributed by atoms with Crippen LogP contribution in [0.3, 0.4) is 0 Å². The van der Waals surface area contributed by atoms with Crippen LogP contribution in [0, 0.1) is 11.2 Å². The van der Waals surface area contributed by atoms with Gasteiger partial charge in [0.05, 0.1) is 0 Å². The summed E-state index contributed by atoms with van der Waals surface area (Å²) in [5.74, 6) is -0.315. The minimum Gasteiger partial charge on any atom is -0.352 e. The van der Waals surface area contributed by atoms with Crippen LogP contribution in [0.1, 0.15) is 26.3 Å². The number of hydrogen-bond donors (Lipinski definition) is 1. The molecule has 0 aromatic heterocycles. The van der Waals surface area contributed by atoms with Gasteiger partial charge in [-0.2, -0.15) is 0 Å². The van der Waals surface area contributed by atoms with Gasteiger partial charge in [-0.15, -0.1) is 0 Å². The molecule has 2 nitrogen and oxygen atoms in total. The molecule has 15 heavy (non-hydrogen) atoms. The fraction of sp³-hybridized carbons (Fsp3) is 0.417. The average molecular weight is 209 g/mol. The van der Waals surface area contributed by atoms with Crippen molar-refractivity contribution in [2.45, 2.75) is 27.3 Å². The molecule has 1 aromatic carbocycles. The van der Waals surface area contributed by atoms with Crippen LogP contribution in [-0.4, -0.2) is 5.91 Å². The molecule has 0 saturated heterocycles. The van der Waals surface area contributed by atoms with Gasteiger partial charge in [0.2, 0.25) is 5.91 Å². The summed E-state index contributed by atoms with van der Waals surface area (Å²) in [5.41, 5.74) is 0.362. The molecule has 0 spiro atoms. The predicted octanol–water partition coefficient (Wildman–Crippen LogP) is 2.49. The number of amides is 1. The number of carbonyl (C=O) groups excluding carboxylic acids is 1. The van der Waals surface area contributed by atoms with Crippen molar-refractivity contribution in [3.8, 4) is 0 Å². The van der Waals surface area contributed by atoms with E-state index in [1.165, 1.54) is 12.1 Å². The van der Waals surface area contributed by atoms with E-state index in [2.05, 4.69) is 5.32 Å². The van der Waals surface area contributed by atoms with E-state index in [1.807, 2.05) is 20.8 Å². The van der Waals surface area contributed by atoms with E-state index >= 15 is 0 Å². The maximum atomic E-state index is 12.8. The first kappa shape index (κ1) is 11.7. The van der Waals surface area contributed by atoms with E-state index in [9.17, 15) is 9.18 Å². The minimum atomic E-state index is -0.409. The Bertz CT molecular complexity index is 355. The van der Waals surface area contributed by atoms with Crippen molar-refractivity contribution in [1.29, 1.82) is 0 Å². The zero-order valence-corrected chi connectivity index (χ0v) is 9.30. The van der Waals surface area contributed by atoms with E-state index in [0.717, 1.165) is 5.56 Å². The lowest BCUT2D eigenvalue weighted by Crippen LogP contribution is -2.34. The van der Waals surface area contributed by atoms with E-state index in [4.69, 9.17) is 0 Å². The first-order valence-corrected chi connectivity index (χ1v) is 4.92. The minimum absolute atomic E-state index is 0.0354. The lowest BCUT2D eigenvalue weighted by molar-refractivity contribution is -0.128. The summed E-state index contributed by atoms with van der Waals surface area (Å²) in [5, 5.41) is 2.76. The number of benzene rings is 1. The monoisotopic (exact) mass is 209 g/mol. The number of nitrogens with one attached hydrogen (secondary N) is 1. The van der Waals surface area contributed by atoms with Gasteiger partial charge in [0.25, 0.3) is 0 Å². The van der Waals surface area contributed by atoms with Crippen LogP contribution < -0.4 is 5.32 Å². The molecule has 0 aliphatic heterocycles. The van der Waals surface area contributed by atoms with Gasteiger partial charge in [0.1, 0.15) is 5.82 Å². The lowest BCUT2D eigenvalue weighted by atomic mass is 9.95. The molecule has 0 aliphatic rings. The Kier molecular flexibility index (Phi) is 3.45. The van der Waals surface area contributed by atoms with E-state index in [-0.39, 0.29) is 11.7 Å². The van der Waals surface area contributed by atoms with Crippen molar-refractivity contribution in [1.82, 2.24) is 5.32 Å². The molecular weight excluding hydrogens is 193 g/mol. The largest absolute Gasteiger partial charge is 0.352 e. The molecule has 0 aliphatic carbocycles. The highest BCUT2D eigenvalue weighted by atomic mass is 19.1. The second-order valence-electron chi connectivity index (χ2n) is 4.56. The maximum absolute atomic E-state index is 12.8. The molecule has 0 heterocycles. The van der Waals surface area contributed by atoms with Crippen molar-refractivity contribution in [3.05, 3.63) is 35.6 Å². The SMILES string of the molecule is CC(C)(C)C(=O)NCc1cccc(F)c1. The molecule has 0 unspecified atom stereocenters. The molecule has 1 aromatic rings. The van der Waals surface area contributed by atoms with E-state index < -0.39 is 5.41 Å². The van der Waals surface area contributed by atoms with Gasteiger partial charge in [-0.3, -0.25) is 4.79 Å². The van der Waals surface area contributed by atoms with Gasteiger partial charge in [-0.1, -0.05) is 32.9 Å². The molecule has 0 radical (unpaired) electrons. The fourth-order valence-electron chi connectivity index (χ4n) is 1.09. The van der Waals surface area contributed by atoms with Crippen LogP contribution in [0.15, 0.2) is 24.3 Å². The first-order chi connectivity index (χ1) is 6.89. The number of hydrogen-bond acceptors (Lipinski definition) is 1. The second kappa shape index (κ2) is 4.43. The third-order valence-electron chi connectivity index (χ3n) is 2.02. The zero-order chi connectivity index (χ0) is 11.5. The summed E-state index contributed by atoms with van der Waals surface area (Å²) >= 11 is 0. The van der Waals surface area contributed by atoms with Gasteiger partial charge in [-0.05, 0) is 17.7 Å². The molecule has 0 saturated carbocycles. The summed E-state index contributed by atoms with van der Waals surface area (Å²) in [6, 6.07) is 6.22. The Morgan fingerprint density at radius 2 is 2.07 bits per heavy atom. The Balaban J connectivity index is 2.55. The van der Waals surface area contributed by atoms with Crippen LogP contribution in [-0.2, 0) is 11.3 Å². The zero-order valence-electron chi connectivity index (χ0n) is 9.30. The van der Waals surface area contributed by atoms with Gasteiger partial charge in [-0.25, -0.2) is 4.39 Å². The summed E-state index contributed by atoms with van der Waals surface area (Å²) in [4.78, 5) is 11.5. The molecular formula is C12H16FNO. The first-order valence-electron chi connectivity index (χ1n) is 4.92. The third-order valence-corrected chi connectivity index (χ3v) is 2.02. The van der Waals surface area contributed by atoms with Crippen molar-refractivity contribution in [2.75, 3.05) is 0 Å². The Morgan fingerprint density at radius 3 is 2.60 bits per heavy atom. The normalized spacial score (nSPS) is 11.2. The topological polar surface area (TPSA) is 29.1 Å². The number of rotatable bonds is 2. The Morgan fingerprint density at radius 1 is 1.40 bits per heavy atom. The Hall–Kier alpha value is -1.38. The summed E-state index contributed by atoms with van der Waals surface area (Å²) in [7, 11) is 0. The van der Waals surface area contributed by atoms with Crippen LogP contribution in [0.4, 0.5) is 4.39 Å². The molecule has 82 valence electrons. The molecule has 1 amide bonds. The molecule has 3 heteroatoms. The van der Waals surface area contributed by atoms with Crippen LogP contribution in [0.2, 0.25) is 0 Å². The maximum Gasteiger partial charge on any atom is 0.225 e. The van der Waals surface area contributed by atoms with Crippen LogP contribution in [0.5, 0.6) is 0 Å². The predicted molar refractivity (Wildman–Crippen MR) is 57.7 cm³/mol. The standard InChI is InChI=1S/C12H16FNO/c1-12(2,3)11(15)14-8-9-5-4-6-10(13)7-9/h4-7H,8H2,1-3H3,(H,14,15). The van der Waals surface area contributed by atoms with Crippen molar-refractivity contribution < 1.29 is 9.18 Å². The highest BCUT2D eigenvalue weighted by Gasteiger charge is 2.20. The Labute approximate surface area is 89.5 Å². The fourth-order valence-corrected chi connectivity index (χ4v) is 1.09. The van der Waals surface area contributed by atoms with Crippen LogP contribution >= 0.6 is 0 Å². The van der Waals surface area contributed by atoms with Gasteiger partial charge >= 0.3 is 0 Å². The molecule has 0 bridgehead atoms. The van der Waals surface area contributed by atoms with Gasteiger partial charge < -0.3 is 5.32 Å². The third kappa shape index (κ3) is 3.70. The summed E-state index contributed by atoms with van der Waals surface area (Å²) < 4.78 is 12.8. The molecule has 0 fully saturated rings.